The molecular weight excluding hydrogens is 581 g/mol. The second kappa shape index (κ2) is 9.59. The lowest BCUT2D eigenvalue weighted by Gasteiger charge is -2.14. The zero-order valence-electron chi connectivity index (χ0n) is 15.7. The number of carbonyl (C=O) groups is 1. The molecule has 0 bridgehead atoms. The summed E-state index contributed by atoms with van der Waals surface area (Å²) in [5, 5.41) is 0.395. The van der Waals surface area contributed by atoms with Crippen LogP contribution < -0.4 is 10.9 Å². The largest absolute Gasteiger partial charge is 0.272 e. The van der Waals surface area contributed by atoms with Crippen molar-refractivity contribution in [2.75, 3.05) is 5.43 Å². The van der Waals surface area contributed by atoms with E-state index in [-0.39, 0.29) is 36.6 Å². The monoisotopic (exact) mass is 588 g/mol. The van der Waals surface area contributed by atoms with Crippen molar-refractivity contribution in [3.8, 4) is 11.3 Å². The van der Waals surface area contributed by atoms with Gasteiger partial charge in [0.2, 0.25) is 5.95 Å². The molecule has 0 spiro atoms. The van der Waals surface area contributed by atoms with Gasteiger partial charge in [-0.1, -0.05) is 104 Å². The quantitative estimate of drug-likeness (QED) is 0.143. The topological polar surface area (TPSA) is 66.9 Å². The van der Waals surface area contributed by atoms with Crippen LogP contribution in [0.25, 0.3) is 22.2 Å². The van der Waals surface area contributed by atoms with Gasteiger partial charge in [-0.15, -0.1) is 0 Å². The third kappa shape index (κ3) is 4.49. The molecule has 11 heteroatoms. The second-order valence-electron chi connectivity index (χ2n) is 6.45. The maximum absolute atomic E-state index is 12.8. The summed E-state index contributed by atoms with van der Waals surface area (Å²) in [5.41, 5.74) is 7.28. The summed E-state index contributed by atoms with van der Waals surface area (Å²) < 4.78 is 0.889. The first kappa shape index (κ1) is 23.4. The Kier molecular flexibility index (Phi) is 7.00. The summed E-state index contributed by atoms with van der Waals surface area (Å²) in [7, 11) is 0. The molecule has 0 unspecified atom stereocenters. The van der Waals surface area contributed by atoms with Crippen LogP contribution in [-0.4, -0.2) is 15.9 Å². The summed E-state index contributed by atoms with van der Waals surface area (Å²) in [5.74, 6) is -0.536. The minimum atomic E-state index is -0.693. The standard InChI is InChI=1S/C21H10BrCl5N4O/c22-10-6-7-12-11(8-10)19(9-4-2-1-3-5-9)29-21(28-12)31-30-20(32)13-14(23)16(25)18(27)17(26)15(13)24/h1-8H,(H,30,32)(H,28,29,31). The van der Waals surface area contributed by atoms with Crippen molar-refractivity contribution in [2.24, 2.45) is 0 Å². The third-order valence-corrected chi connectivity index (χ3v) is 7.20. The molecule has 0 radical (unpaired) electrons. The summed E-state index contributed by atoms with van der Waals surface area (Å²) >= 11 is 33.9. The number of rotatable bonds is 4. The van der Waals surface area contributed by atoms with Crippen LogP contribution in [0.1, 0.15) is 10.4 Å². The van der Waals surface area contributed by atoms with Gasteiger partial charge < -0.3 is 0 Å². The van der Waals surface area contributed by atoms with Gasteiger partial charge in [0.25, 0.3) is 5.91 Å². The first-order valence-corrected chi connectivity index (χ1v) is 11.6. The van der Waals surface area contributed by atoms with Crippen molar-refractivity contribution in [1.82, 2.24) is 15.4 Å². The number of benzene rings is 3. The van der Waals surface area contributed by atoms with Crippen LogP contribution in [-0.2, 0) is 0 Å². The molecule has 0 saturated carbocycles. The molecule has 3 aromatic carbocycles. The molecule has 1 amide bonds. The maximum Gasteiger partial charge on any atom is 0.272 e. The van der Waals surface area contributed by atoms with Gasteiger partial charge in [-0.25, -0.2) is 9.97 Å². The van der Waals surface area contributed by atoms with E-state index in [0.717, 1.165) is 15.4 Å². The molecule has 2 N–H and O–H groups in total. The molecule has 0 aliphatic carbocycles. The molecule has 162 valence electrons. The summed E-state index contributed by atoms with van der Waals surface area (Å²) in [6, 6.07) is 15.2. The lowest BCUT2D eigenvalue weighted by molar-refractivity contribution is 0.0962. The van der Waals surface area contributed by atoms with E-state index in [0.29, 0.717) is 11.2 Å². The van der Waals surface area contributed by atoms with Crippen molar-refractivity contribution < 1.29 is 4.79 Å². The molecule has 4 rings (SSSR count). The fraction of sp³-hybridized carbons (Fsp3) is 0. The Morgan fingerprint density at radius 1 is 0.812 bits per heavy atom. The Labute approximate surface area is 216 Å². The molecule has 1 heterocycles. The summed E-state index contributed by atoms with van der Waals surface area (Å²) in [6.45, 7) is 0. The smallest absolute Gasteiger partial charge is 0.267 e. The van der Waals surface area contributed by atoms with E-state index in [1.165, 1.54) is 0 Å². The highest BCUT2D eigenvalue weighted by molar-refractivity contribution is 9.10. The number of aromatic nitrogens is 2. The number of nitrogens with zero attached hydrogens (tertiary/aromatic N) is 2. The van der Waals surface area contributed by atoms with E-state index < -0.39 is 5.91 Å². The Hall–Kier alpha value is -1.80. The number of nitrogens with one attached hydrogen (secondary N) is 2. The number of anilines is 1. The van der Waals surface area contributed by atoms with Gasteiger partial charge in [-0.3, -0.25) is 15.6 Å². The first-order chi connectivity index (χ1) is 15.3. The molecule has 0 aliphatic rings. The zero-order valence-corrected chi connectivity index (χ0v) is 21.1. The van der Waals surface area contributed by atoms with Crippen LogP contribution in [0.15, 0.2) is 53.0 Å². The number of amides is 1. The summed E-state index contributed by atoms with van der Waals surface area (Å²) in [6.07, 6.45) is 0. The van der Waals surface area contributed by atoms with Gasteiger partial charge in [0, 0.05) is 15.4 Å². The van der Waals surface area contributed by atoms with Crippen LogP contribution in [0.3, 0.4) is 0 Å². The van der Waals surface area contributed by atoms with Crippen LogP contribution in [0.2, 0.25) is 25.1 Å². The van der Waals surface area contributed by atoms with Gasteiger partial charge >= 0.3 is 0 Å². The van der Waals surface area contributed by atoms with Gasteiger partial charge in [0.15, 0.2) is 0 Å². The van der Waals surface area contributed by atoms with Gasteiger partial charge in [-0.05, 0) is 18.2 Å². The predicted octanol–water partition coefficient (Wildman–Crippen LogP) is 8.08. The fourth-order valence-corrected chi connectivity index (χ4v) is 4.62. The van der Waals surface area contributed by atoms with Crippen molar-refractivity contribution in [2.45, 2.75) is 0 Å². The Morgan fingerprint density at radius 2 is 1.44 bits per heavy atom. The fourth-order valence-electron chi connectivity index (χ4n) is 2.95. The minimum absolute atomic E-state index is 0.0376. The van der Waals surface area contributed by atoms with Gasteiger partial charge in [-0.2, -0.15) is 0 Å². The van der Waals surface area contributed by atoms with Crippen LogP contribution in [0.5, 0.6) is 0 Å². The molecule has 0 atom stereocenters. The minimum Gasteiger partial charge on any atom is -0.267 e. The van der Waals surface area contributed by atoms with Crippen molar-refractivity contribution >= 4 is 96.7 Å². The van der Waals surface area contributed by atoms with E-state index >= 15 is 0 Å². The Morgan fingerprint density at radius 3 is 2.09 bits per heavy atom. The van der Waals surface area contributed by atoms with Crippen LogP contribution >= 0.6 is 73.9 Å². The van der Waals surface area contributed by atoms with Gasteiger partial charge in [0.05, 0.1) is 41.9 Å². The Balaban J connectivity index is 1.71. The number of fused-ring (bicyclic) bond motifs is 1. The molecular formula is C21H10BrCl5N4O. The van der Waals surface area contributed by atoms with Crippen LogP contribution in [0.4, 0.5) is 5.95 Å². The number of hydrogen-bond acceptors (Lipinski definition) is 4. The molecule has 0 fully saturated rings. The lowest BCUT2D eigenvalue weighted by atomic mass is 10.1. The lowest BCUT2D eigenvalue weighted by Crippen LogP contribution is -2.31. The molecule has 0 saturated heterocycles. The number of halogens is 6. The normalized spacial score (nSPS) is 10.9. The zero-order chi connectivity index (χ0) is 23.0. The number of hydrogen-bond donors (Lipinski definition) is 2. The van der Waals surface area contributed by atoms with E-state index in [2.05, 4.69) is 36.7 Å². The van der Waals surface area contributed by atoms with E-state index in [9.17, 15) is 4.79 Å². The van der Waals surface area contributed by atoms with Crippen molar-refractivity contribution in [3.05, 3.63) is 83.7 Å². The number of hydrazine groups is 1. The highest BCUT2D eigenvalue weighted by Crippen LogP contribution is 2.43. The third-order valence-electron chi connectivity index (χ3n) is 4.43. The average Bonchev–Trinajstić information content (AvgIpc) is 2.80. The van der Waals surface area contributed by atoms with Gasteiger partial charge in [0.1, 0.15) is 0 Å². The molecule has 32 heavy (non-hydrogen) atoms. The first-order valence-electron chi connectivity index (χ1n) is 8.88. The van der Waals surface area contributed by atoms with E-state index in [1.54, 1.807) is 0 Å². The maximum atomic E-state index is 12.8. The molecule has 1 aromatic heterocycles. The van der Waals surface area contributed by atoms with Crippen molar-refractivity contribution in [1.29, 1.82) is 0 Å². The second-order valence-corrected chi connectivity index (χ2v) is 9.25. The van der Waals surface area contributed by atoms with Crippen molar-refractivity contribution in [3.63, 3.8) is 0 Å². The van der Waals surface area contributed by atoms with E-state index in [1.807, 2.05) is 48.5 Å². The molecule has 5 nitrogen and oxygen atoms in total. The Bertz CT molecular complexity index is 1340. The SMILES string of the molecule is O=C(NNc1nc(-c2ccccc2)c2cc(Br)ccc2n1)c1c(Cl)c(Cl)c(Cl)c(Cl)c1Cl. The predicted molar refractivity (Wildman–Crippen MR) is 135 cm³/mol. The highest BCUT2D eigenvalue weighted by atomic mass is 79.9. The average molecular weight is 592 g/mol. The van der Waals surface area contributed by atoms with E-state index in [4.69, 9.17) is 58.0 Å². The molecule has 4 aromatic rings. The molecule has 0 aliphatic heterocycles. The van der Waals surface area contributed by atoms with Crippen LogP contribution in [0, 0.1) is 0 Å². The highest BCUT2D eigenvalue weighted by Gasteiger charge is 2.24. The number of carbonyl (C=O) groups excluding carboxylic acids is 1. The summed E-state index contributed by atoms with van der Waals surface area (Å²) in [4.78, 5) is 21.8.